The largest absolute Gasteiger partial charge is 0.496 e. The summed E-state index contributed by atoms with van der Waals surface area (Å²) in [5.41, 5.74) is 3.38. The number of likely N-dealkylation sites (tertiary alicyclic amines) is 1. The Labute approximate surface area is 159 Å². The van der Waals surface area contributed by atoms with E-state index in [-0.39, 0.29) is 11.5 Å². The van der Waals surface area contributed by atoms with Crippen LogP contribution in [-0.4, -0.2) is 47.6 Å². The number of aromatic nitrogens is 2. The highest BCUT2D eigenvalue weighted by Gasteiger charge is 2.43. The fourth-order valence-electron chi connectivity index (χ4n) is 4.35. The summed E-state index contributed by atoms with van der Waals surface area (Å²) in [7, 11) is 1.70. The lowest BCUT2D eigenvalue weighted by Crippen LogP contribution is -2.48. The van der Waals surface area contributed by atoms with Crippen LogP contribution in [0.5, 0.6) is 5.75 Å². The number of carbonyl (C=O) groups is 1. The summed E-state index contributed by atoms with van der Waals surface area (Å²) in [5, 5.41) is 0. The second-order valence-corrected chi connectivity index (χ2v) is 7.32. The van der Waals surface area contributed by atoms with Gasteiger partial charge in [0.2, 0.25) is 0 Å². The van der Waals surface area contributed by atoms with Crippen molar-refractivity contribution < 1.29 is 14.3 Å². The van der Waals surface area contributed by atoms with E-state index in [4.69, 9.17) is 9.47 Å². The minimum Gasteiger partial charge on any atom is -0.496 e. The zero-order valence-corrected chi connectivity index (χ0v) is 16.1. The van der Waals surface area contributed by atoms with Crippen LogP contribution in [0.25, 0.3) is 0 Å². The summed E-state index contributed by atoms with van der Waals surface area (Å²) < 4.78 is 11.9. The van der Waals surface area contributed by atoms with Crippen molar-refractivity contribution in [3.63, 3.8) is 0 Å². The normalized spacial score (nSPS) is 18.3. The van der Waals surface area contributed by atoms with Gasteiger partial charge in [-0.1, -0.05) is 12.1 Å². The van der Waals surface area contributed by atoms with E-state index in [1.165, 1.54) is 11.1 Å². The molecular formula is C21H25N3O3. The van der Waals surface area contributed by atoms with Crippen molar-refractivity contribution in [1.29, 1.82) is 0 Å². The number of benzene rings is 1. The first-order valence-corrected chi connectivity index (χ1v) is 9.44. The summed E-state index contributed by atoms with van der Waals surface area (Å²) in [6, 6.07) is 7.95. The van der Waals surface area contributed by atoms with E-state index in [9.17, 15) is 4.79 Å². The van der Waals surface area contributed by atoms with E-state index in [0.717, 1.165) is 30.7 Å². The minimum absolute atomic E-state index is 0.0329. The van der Waals surface area contributed by atoms with Crippen LogP contribution in [0.15, 0.2) is 24.3 Å². The van der Waals surface area contributed by atoms with Crippen LogP contribution in [0.1, 0.15) is 46.0 Å². The van der Waals surface area contributed by atoms with Gasteiger partial charge in [-0.3, -0.25) is 4.79 Å². The van der Waals surface area contributed by atoms with Gasteiger partial charge in [0, 0.05) is 24.3 Å². The second-order valence-electron chi connectivity index (χ2n) is 7.32. The smallest absolute Gasteiger partial charge is 0.272 e. The fraction of sp³-hybridized carbons (Fsp3) is 0.476. The zero-order chi connectivity index (χ0) is 19.0. The van der Waals surface area contributed by atoms with E-state index in [0.29, 0.717) is 31.2 Å². The van der Waals surface area contributed by atoms with Crippen molar-refractivity contribution in [3.05, 3.63) is 52.6 Å². The molecule has 1 aromatic carbocycles. The molecule has 6 nitrogen and oxygen atoms in total. The number of ether oxygens (including phenoxy) is 2. The van der Waals surface area contributed by atoms with Crippen molar-refractivity contribution in [2.45, 2.75) is 38.7 Å². The Morgan fingerprint density at radius 2 is 2.00 bits per heavy atom. The third-order valence-corrected chi connectivity index (χ3v) is 5.58. The zero-order valence-electron chi connectivity index (χ0n) is 16.1. The third-order valence-electron chi connectivity index (χ3n) is 5.58. The first kappa shape index (κ1) is 17.9. The predicted molar refractivity (Wildman–Crippen MR) is 101 cm³/mol. The van der Waals surface area contributed by atoms with E-state index < -0.39 is 0 Å². The van der Waals surface area contributed by atoms with Gasteiger partial charge >= 0.3 is 0 Å². The van der Waals surface area contributed by atoms with Gasteiger partial charge in [0.25, 0.3) is 5.91 Å². The summed E-state index contributed by atoms with van der Waals surface area (Å²) in [6.07, 6.45) is 2.42. The number of hydrogen-bond acceptors (Lipinski definition) is 5. The molecule has 27 heavy (non-hydrogen) atoms. The summed E-state index contributed by atoms with van der Waals surface area (Å²) in [5.74, 6) is 1.48. The quantitative estimate of drug-likeness (QED) is 0.817. The Bertz CT molecular complexity index is 838. The van der Waals surface area contributed by atoms with Crippen LogP contribution in [-0.2, 0) is 16.8 Å². The van der Waals surface area contributed by atoms with Gasteiger partial charge in [-0.2, -0.15) is 0 Å². The van der Waals surface area contributed by atoms with Crippen molar-refractivity contribution in [1.82, 2.24) is 14.9 Å². The molecule has 2 aromatic rings. The predicted octanol–water partition coefficient (Wildman–Crippen LogP) is 2.81. The lowest BCUT2D eigenvalue weighted by Gasteiger charge is -2.45. The highest BCUT2D eigenvalue weighted by atomic mass is 16.5. The van der Waals surface area contributed by atoms with Crippen molar-refractivity contribution in [2.75, 3.05) is 26.8 Å². The van der Waals surface area contributed by atoms with E-state index >= 15 is 0 Å². The average molecular weight is 367 g/mol. The Balaban J connectivity index is 1.57. The van der Waals surface area contributed by atoms with Crippen molar-refractivity contribution in [2.24, 2.45) is 0 Å². The van der Waals surface area contributed by atoms with E-state index in [1.54, 1.807) is 13.2 Å². The highest BCUT2D eigenvalue weighted by Crippen LogP contribution is 2.45. The van der Waals surface area contributed by atoms with Gasteiger partial charge in [0.1, 0.15) is 22.9 Å². The Hall–Kier alpha value is -2.47. The number of piperidine rings is 1. The molecule has 1 amide bonds. The molecule has 1 aromatic heterocycles. The highest BCUT2D eigenvalue weighted by molar-refractivity contribution is 5.92. The molecule has 0 unspecified atom stereocenters. The number of rotatable bonds is 2. The van der Waals surface area contributed by atoms with Crippen LogP contribution < -0.4 is 4.74 Å². The van der Waals surface area contributed by atoms with Crippen LogP contribution in [0.4, 0.5) is 0 Å². The maximum absolute atomic E-state index is 12.9. The fourth-order valence-corrected chi connectivity index (χ4v) is 4.35. The van der Waals surface area contributed by atoms with Gasteiger partial charge < -0.3 is 14.4 Å². The first-order chi connectivity index (χ1) is 13.0. The molecule has 1 fully saturated rings. The number of nitrogens with zero attached hydrogens (tertiary/aromatic N) is 3. The molecule has 0 radical (unpaired) electrons. The first-order valence-electron chi connectivity index (χ1n) is 9.44. The molecule has 4 rings (SSSR count). The molecule has 6 heteroatoms. The molecule has 0 atom stereocenters. The molecule has 2 aliphatic heterocycles. The van der Waals surface area contributed by atoms with E-state index in [2.05, 4.69) is 16.0 Å². The molecule has 2 aliphatic rings. The van der Waals surface area contributed by atoms with Gasteiger partial charge in [-0.25, -0.2) is 9.97 Å². The number of carbonyl (C=O) groups excluding carboxylic acids is 1. The third kappa shape index (κ3) is 3.18. The summed E-state index contributed by atoms with van der Waals surface area (Å²) in [6.45, 7) is 5.68. The number of methoxy groups -OCH3 is 1. The van der Waals surface area contributed by atoms with Crippen molar-refractivity contribution in [3.8, 4) is 5.75 Å². The molecule has 0 N–H and O–H groups in total. The molecule has 3 heterocycles. The van der Waals surface area contributed by atoms with Gasteiger partial charge in [-0.15, -0.1) is 0 Å². The van der Waals surface area contributed by atoms with E-state index in [1.807, 2.05) is 30.9 Å². The Morgan fingerprint density at radius 1 is 1.22 bits per heavy atom. The second kappa shape index (κ2) is 6.93. The lowest BCUT2D eigenvalue weighted by atomic mass is 9.78. The number of hydrogen-bond donors (Lipinski definition) is 0. The summed E-state index contributed by atoms with van der Waals surface area (Å²) >= 11 is 0. The van der Waals surface area contributed by atoms with Crippen LogP contribution in [0.2, 0.25) is 0 Å². The molecule has 1 saturated heterocycles. The number of amides is 1. The molecule has 0 saturated carbocycles. The minimum atomic E-state index is -0.367. The van der Waals surface area contributed by atoms with Crippen LogP contribution in [0.3, 0.4) is 0 Å². The SMILES string of the molecule is COc1cccc2c1C1(CCN(C(=O)c3cc(C)nc(C)n3)CC1)OCC2. The maximum atomic E-state index is 12.9. The van der Waals surface area contributed by atoms with Gasteiger partial charge in [-0.05, 0) is 50.8 Å². The monoisotopic (exact) mass is 367 g/mol. The number of aryl methyl sites for hydroxylation is 2. The molecule has 0 bridgehead atoms. The molecular weight excluding hydrogens is 342 g/mol. The standard InChI is InChI=1S/C21H25N3O3/c1-14-13-17(23-15(2)22-14)20(25)24-10-8-21(9-11-24)19-16(7-12-27-21)5-4-6-18(19)26-3/h4-6,13H,7-12H2,1-3H3. The topological polar surface area (TPSA) is 64.5 Å². The van der Waals surface area contributed by atoms with Crippen LogP contribution in [0, 0.1) is 13.8 Å². The molecule has 1 spiro atoms. The molecule has 0 aliphatic carbocycles. The average Bonchev–Trinajstić information content (AvgIpc) is 2.67. The lowest BCUT2D eigenvalue weighted by molar-refractivity contribution is -0.0947. The van der Waals surface area contributed by atoms with Gasteiger partial charge in [0.05, 0.1) is 13.7 Å². The maximum Gasteiger partial charge on any atom is 0.272 e. The Morgan fingerprint density at radius 3 is 2.70 bits per heavy atom. The molecule has 142 valence electrons. The summed E-state index contributed by atoms with van der Waals surface area (Å²) in [4.78, 5) is 23.4. The van der Waals surface area contributed by atoms with Gasteiger partial charge in [0.15, 0.2) is 0 Å². The number of fused-ring (bicyclic) bond motifs is 2. The van der Waals surface area contributed by atoms with Crippen molar-refractivity contribution >= 4 is 5.91 Å². The van der Waals surface area contributed by atoms with Crippen LogP contribution >= 0.6 is 0 Å². The Kier molecular flexibility index (Phi) is 4.60.